The number of nitrogens with zero attached hydrogens (tertiary/aromatic N) is 2. The Morgan fingerprint density at radius 1 is 1.09 bits per heavy atom. The molecular weight excluding hydrogens is 466 g/mol. The van der Waals surface area contributed by atoms with Crippen LogP contribution in [0.4, 0.5) is 0 Å². The molecule has 3 aromatic carbocycles. The molecule has 0 unspecified atom stereocenters. The van der Waals surface area contributed by atoms with Gasteiger partial charge in [0.15, 0.2) is 0 Å². The standard InChI is InChI=1S/C26H20BrN3O2/c1-18(20-7-3-2-4-8-20)30-26(31)23(16-29)13-19-11-12-25(24(27)14-19)32-17-22-10-6-5-9-21(22)15-28/h2-14,18H,17H2,1H3,(H,30,31)/b23-13+/t18-/m0/s1. The maximum Gasteiger partial charge on any atom is 0.262 e. The summed E-state index contributed by atoms with van der Waals surface area (Å²) in [6.07, 6.45) is 1.53. The molecule has 0 aromatic heterocycles. The van der Waals surface area contributed by atoms with E-state index in [-0.39, 0.29) is 18.2 Å². The van der Waals surface area contributed by atoms with Crippen LogP contribution in [0.5, 0.6) is 5.75 Å². The lowest BCUT2D eigenvalue weighted by Crippen LogP contribution is -2.27. The molecule has 0 radical (unpaired) electrons. The average Bonchev–Trinajstić information content (AvgIpc) is 2.82. The zero-order valence-electron chi connectivity index (χ0n) is 17.4. The van der Waals surface area contributed by atoms with Crippen LogP contribution in [0.15, 0.2) is 82.8 Å². The first-order valence-electron chi connectivity index (χ1n) is 9.89. The van der Waals surface area contributed by atoms with E-state index in [0.717, 1.165) is 11.1 Å². The van der Waals surface area contributed by atoms with Gasteiger partial charge in [-0.3, -0.25) is 4.79 Å². The summed E-state index contributed by atoms with van der Waals surface area (Å²) in [5, 5.41) is 21.5. The second-order valence-electron chi connectivity index (χ2n) is 7.02. The third-order valence-corrected chi connectivity index (χ3v) is 5.42. The minimum absolute atomic E-state index is 0.0105. The number of nitrogens with one attached hydrogen (secondary N) is 1. The first kappa shape index (κ1) is 22.8. The van der Waals surface area contributed by atoms with Crippen molar-refractivity contribution >= 4 is 27.9 Å². The minimum atomic E-state index is -0.437. The summed E-state index contributed by atoms with van der Waals surface area (Å²) in [6, 6.07) is 26.0. The molecule has 0 aliphatic heterocycles. The summed E-state index contributed by atoms with van der Waals surface area (Å²) in [4.78, 5) is 12.6. The highest BCUT2D eigenvalue weighted by molar-refractivity contribution is 9.10. The first-order valence-corrected chi connectivity index (χ1v) is 10.7. The Kier molecular flexibility index (Phi) is 7.80. The lowest BCUT2D eigenvalue weighted by molar-refractivity contribution is -0.117. The number of amides is 1. The highest BCUT2D eigenvalue weighted by atomic mass is 79.9. The van der Waals surface area contributed by atoms with Gasteiger partial charge in [-0.25, -0.2) is 0 Å². The predicted molar refractivity (Wildman–Crippen MR) is 126 cm³/mol. The quantitative estimate of drug-likeness (QED) is 0.344. The van der Waals surface area contributed by atoms with Gasteiger partial charge in [0.1, 0.15) is 24.0 Å². The topological polar surface area (TPSA) is 85.9 Å². The van der Waals surface area contributed by atoms with Crippen LogP contribution >= 0.6 is 15.9 Å². The van der Waals surface area contributed by atoms with Gasteiger partial charge in [-0.15, -0.1) is 0 Å². The summed E-state index contributed by atoms with van der Waals surface area (Å²) >= 11 is 3.47. The summed E-state index contributed by atoms with van der Waals surface area (Å²) in [7, 11) is 0. The van der Waals surface area contributed by atoms with Crippen molar-refractivity contribution in [2.24, 2.45) is 0 Å². The van der Waals surface area contributed by atoms with Crippen LogP contribution in [0.1, 0.15) is 35.2 Å². The van der Waals surface area contributed by atoms with E-state index in [1.165, 1.54) is 6.08 Å². The first-order chi connectivity index (χ1) is 15.5. The van der Waals surface area contributed by atoms with Crippen molar-refractivity contribution < 1.29 is 9.53 Å². The van der Waals surface area contributed by atoms with Gasteiger partial charge in [-0.2, -0.15) is 10.5 Å². The van der Waals surface area contributed by atoms with Gasteiger partial charge >= 0.3 is 0 Å². The summed E-state index contributed by atoms with van der Waals surface area (Å²) < 4.78 is 6.51. The largest absolute Gasteiger partial charge is 0.488 e. The Labute approximate surface area is 195 Å². The van der Waals surface area contributed by atoms with Gasteiger partial charge in [0.2, 0.25) is 0 Å². The number of ether oxygens (including phenoxy) is 1. The van der Waals surface area contributed by atoms with Crippen molar-refractivity contribution in [3.05, 3.63) is 105 Å². The summed E-state index contributed by atoms with van der Waals surface area (Å²) in [5.74, 6) is 0.156. The van der Waals surface area contributed by atoms with Crippen LogP contribution in [-0.4, -0.2) is 5.91 Å². The second kappa shape index (κ2) is 10.9. The summed E-state index contributed by atoms with van der Waals surface area (Å²) in [6.45, 7) is 2.12. The lowest BCUT2D eigenvalue weighted by Gasteiger charge is -2.14. The van der Waals surface area contributed by atoms with Crippen LogP contribution in [0.25, 0.3) is 6.08 Å². The maximum absolute atomic E-state index is 12.6. The van der Waals surface area contributed by atoms with Crippen molar-refractivity contribution in [2.75, 3.05) is 0 Å². The van der Waals surface area contributed by atoms with E-state index in [1.54, 1.807) is 24.3 Å². The van der Waals surface area contributed by atoms with E-state index in [9.17, 15) is 15.3 Å². The van der Waals surface area contributed by atoms with Crippen molar-refractivity contribution in [3.63, 3.8) is 0 Å². The molecule has 1 atom stereocenters. The normalized spacial score (nSPS) is 11.7. The number of rotatable bonds is 7. The fraction of sp³-hybridized carbons (Fsp3) is 0.115. The van der Waals surface area contributed by atoms with E-state index in [4.69, 9.17) is 4.74 Å². The molecule has 0 saturated carbocycles. The monoisotopic (exact) mass is 485 g/mol. The lowest BCUT2D eigenvalue weighted by atomic mass is 10.1. The van der Waals surface area contributed by atoms with Crippen molar-refractivity contribution in [2.45, 2.75) is 19.6 Å². The molecule has 158 valence electrons. The molecule has 6 heteroatoms. The molecule has 0 saturated heterocycles. The van der Waals surface area contributed by atoms with Crippen molar-refractivity contribution in [1.29, 1.82) is 10.5 Å². The third kappa shape index (κ3) is 5.85. The van der Waals surface area contributed by atoms with Gasteiger partial charge < -0.3 is 10.1 Å². The number of nitriles is 2. The Bertz CT molecular complexity index is 1220. The SMILES string of the molecule is C[C@H](NC(=O)/C(C#N)=C/c1ccc(OCc2ccccc2C#N)c(Br)c1)c1ccccc1. The number of hydrogen-bond acceptors (Lipinski definition) is 4. The van der Waals surface area contributed by atoms with Crippen molar-refractivity contribution in [3.8, 4) is 17.9 Å². The molecule has 0 aliphatic carbocycles. The van der Waals surface area contributed by atoms with Crippen LogP contribution in [-0.2, 0) is 11.4 Å². The fourth-order valence-corrected chi connectivity index (χ4v) is 3.56. The molecule has 0 fully saturated rings. The molecule has 32 heavy (non-hydrogen) atoms. The average molecular weight is 486 g/mol. The molecule has 3 aromatic rings. The molecule has 1 amide bonds. The Morgan fingerprint density at radius 2 is 1.81 bits per heavy atom. The van der Waals surface area contributed by atoms with E-state index < -0.39 is 5.91 Å². The van der Waals surface area contributed by atoms with Crippen LogP contribution < -0.4 is 10.1 Å². The highest BCUT2D eigenvalue weighted by Crippen LogP contribution is 2.28. The van der Waals surface area contributed by atoms with E-state index in [2.05, 4.69) is 27.3 Å². The van der Waals surface area contributed by atoms with Crippen LogP contribution in [0.2, 0.25) is 0 Å². The molecule has 0 heterocycles. The molecule has 0 aliphatic rings. The molecule has 3 rings (SSSR count). The van der Waals surface area contributed by atoms with Crippen molar-refractivity contribution in [1.82, 2.24) is 5.32 Å². The summed E-state index contributed by atoms with van der Waals surface area (Å²) in [5.41, 5.74) is 3.01. The van der Waals surface area contributed by atoms with Crippen LogP contribution in [0, 0.1) is 22.7 Å². The molecule has 5 nitrogen and oxygen atoms in total. The zero-order chi connectivity index (χ0) is 22.9. The Hall–Kier alpha value is -3.87. The Balaban J connectivity index is 1.70. The molecule has 0 spiro atoms. The molecule has 0 bridgehead atoms. The third-order valence-electron chi connectivity index (χ3n) is 4.80. The van der Waals surface area contributed by atoms with Gasteiger partial charge in [-0.1, -0.05) is 54.6 Å². The fourth-order valence-electron chi connectivity index (χ4n) is 3.05. The Morgan fingerprint density at radius 3 is 2.50 bits per heavy atom. The van der Waals surface area contributed by atoms with Gasteiger partial charge in [0.25, 0.3) is 5.91 Å². The van der Waals surface area contributed by atoms with Gasteiger partial charge in [0, 0.05) is 5.56 Å². The smallest absolute Gasteiger partial charge is 0.262 e. The number of carbonyl (C=O) groups is 1. The number of carbonyl (C=O) groups excluding carboxylic acids is 1. The molecular formula is C26H20BrN3O2. The van der Waals surface area contributed by atoms with Crippen LogP contribution in [0.3, 0.4) is 0 Å². The second-order valence-corrected chi connectivity index (χ2v) is 7.88. The number of hydrogen-bond donors (Lipinski definition) is 1. The maximum atomic E-state index is 12.6. The zero-order valence-corrected chi connectivity index (χ0v) is 19.0. The predicted octanol–water partition coefficient (Wildman–Crippen LogP) is 5.68. The van der Waals surface area contributed by atoms with Gasteiger partial charge in [0.05, 0.1) is 22.1 Å². The number of halogens is 1. The van der Waals surface area contributed by atoms with E-state index in [1.807, 2.05) is 61.5 Å². The minimum Gasteiger partial charge on any atom is -0.488 e. The molecule has 1 N–H and O–H groups in total. The highest BCUT2D eigenvalue weighted by Gasteiger charge is 2.14. The van der Waals surface area contributed by atoms with E-state index >= 15 is 0 Å². The van der Waals surface area contributed by atoms with E-state index in [0.29, 0.717) is 21.3 Å². The van der Waals surface area contributed by atoms with Gasteiger partial charge in [-0.05, 0) is 58.3 Å². The number of benzene rings is 3.